The Balaban J connectivity index is 0.000000180. The van der Waals surface area contributed by atoms with E-state index in [0.717, 1.165) is 113 Å². The molecule has 15 aliphatic rings. The van der Waals surface area contributed by atoms with Crippen LogP contribution in [0.5, 0.6) is 0 Å². The van der Waals surface area contributed by atoms with Gasteiger partial charge in [0.25, 0.3) is 0 Å². The number of ether oxygens (including phenoxy) is 6. The Kier molecular flexibility index (Phi) is 18.2. The van der Waals surface area contributed by atoms with Gasteiger partial charge in [0.05, 0.1) is 34.0 Å². The van der Waals surface area contributed by atoms with Crippen molar-refractivity contribution in [3.05, 3.63) is 0 Å². The summed E-state index contributed by atoms with van der Waals surface area (Å²) in [5.41, 5.74) is -3.79. The molecule has 14 bridgehead atoms. The number of carbonyl (C=O) groups is 6. The van der Waals surface area contributed by atoms with Crippen molar-refractivity contribution in [2.45, 2.75) is 302 Å². The molecular weight excluding hydrogens is 1020 g/mol. The summed E-state index contributed by atoms with van der Waals surface area (Å²) in [6, 6.07) is 0. The summed E-state index contributed by atoms with van der Waals surface area (Å²) in [7, 11) is 0. The fraction of sp³-hybridized carbons (Fsp3) is 0.913. The maximum Gasteiger partial charge on any atom is 0.312 e. The van der Waals surface area contributed by atoms with E-state index in [0.29, 0.717) is 41.9 Å². The van der Waals surface area contributed by atoms with Gasteiger partial charge in [-0.3, -0.25) is 28.8 Å². The molecule has 0 spiro atoms. The first-order valence-corrected chi connectivity index (χ1v) is 31.6. The first kappa shape index (κ1) is 65.4. The quantitative estimate of drug-likeness (QED) is 0.120. The van der Waals surface area contributed by atoms with Crippen LogP contribution in [0.4, 0.5) is 0 Å². The number of hydrogen-bond donors (Lipinski definition) is 0. The van der Waals surface area contributed by atoms with Gasteiger partial charge in [-0.1, -0.05) is 43.1 Å². The first-order valence-electron chi connectivity index (χ1n) is 31.6. The predicted octanol–water partition coefficient (Wildman–Crippen LogP) is 15.6. The lowest BCUT2D eigenvalue weighted by molar-refractivity contribution is -0.235. The molecule has 7 unspecified atom stereocenters. The normalized spacial score (nSPS) is 40.2. The second-order valence-corrected chi connectivity index (χ2v) is 32.3. The molecule has 0 aromatic rings. The lowest BCUT2D eigenvalue weighted by Crippen LogP contribution is -2.62. The Labute approximate surface area is 490 Å². The predicted molar refractivity (Wildman–Crippen MR) is 315 cm³/mol. The second kappa shape index (κ2) is 22.6. The van der Waals surface area contributed by atoms with Crippen molar-refractivity contribution in [1.29, 1.82) is 0 Å². The molecule has 7 atom stereocenters. The van der Waals surface area contributed by atoms with E-state index < -0.39 is 44.1 Å². The average Bonchev–Trinajstić information content (AvgIpc) is 3.97. The van der Waals surface area contributed by atoms with Gasteiger partial charge in [0.1, 0.15) is 34.6 Å². The van der Waals surface area contributed by atoms with Crippen LogP contribution in [-0.2, 0) is 57.2 Å². The summed E-state index contributed by atoms with van der Waals surface area (Å²) in [6.45, 7) is 27.8. The molecule has 0 radical (unpaired) electrons. The Morgan fingerprint density at radius 1 is 0.531 bits per heavy atom. The zero-order valence-electron chi connectivity index (χ0n) is 50.7. The maximum absolute atomic E-state index is 14.1. The molecule has 0 aromatic heterocycles. The van der Waals surface area contributed by atoms with E-state index in [1.165, 1.54) is 51.4 Å². The van der Waals surface area contributed by atoms with Gasteiger partial charge in [-0.15, -0.1) is 0 Å². The highest BCUT2D eigenvalue weighted by Crippen LogP contribution is 2.68. The fourth-order valence-electron chi connectivity index (χ4n) is 19.3. The van der Waals surface area contributed by atoms with E-state index in [-0.39, 0.29) is 88.1 Å². The lowest BCUT2D eigenvalue weighted by atomic mass is 9.45. The summed E-state index contributed by atoms with van der Waals surface area (Å²) in [4.78, 5) is 76.7. The number of carbonyl (C=O) groups excluding carboxylic acids is 6. The zero-order valence-corrected chi connectivity index (χ0v) is 50.7. The summed E-state index contributed by atoms with van der Waals surface area (Å²) in [5.74, 6) is 5.61. The van der Waals surface area contributed by atoms with Crippen LogP contribution in [0.3, 0.4) is 0 Å². The summed E-state index contributed by atoms with van der Waals surface area (Å²) < 4.78 is 36.0. The van der Waals surface area contributed by atoms with Crippen LogP contribution in [0.2, 0.25) is 0 Å². The van der Waals surface area contributed by atoms with E-state index in [1.54, 1.807) is 0 Å². The van der Waals surface area contributed by atoms with E-state index >= 15 is 0 Å². The molecule has 12 nitrogen and oxygen atoms in total. The van der Waals surface area contributed by atoms with E-state index in [9.17, 15) is 28.8 Å². The van der Waals surface area contributed by atoms with Gasteiger partial charge in [0.2, 0.25) is 0 Å². The van der Waals surface area contributed by atoms with E-state index in [2.05, 4.69) is 13.8 Å². The van der Waals surface area contributed by atoms with Crippen LogP contribution in [0.25, 0.3) is 0 Å². The molecular formula is C69H114O12. The molecule has 1 heterocycles. The Hall–Kier alpha value is -3.18. The third-order valence-electron chi connectivity index (χ3n) is 24.0. The molecule has 14 saturated carbocycles. The monoisotopic (exact) mass is 1130 g/mol. The van der Waals surface area contributed by atoms with Crippen LogP contribution < -0.4 is 0 Å². The Morgan fingerprint density at radius 2 is 0.988 bits per heavy atom. The molecule has 15 rings (SSSR count). The molecule has 0 N–H and O–H groups in total. The molecule has 14 aliphatic carbocycles. The maximum atomic E-state index is 14.1. The van der Waals surface area contributed by atoms with Crippen molar-refractivity contribution in [1.82, 2.24) is 0 Å². The first-order chi connectivity index (χ1) is 36.3. The van der Waals surface area contributed by atoms with Gasteiger partial charge >= 0.3 is 35.8 Å². The molecule has 81 heavy (non-hydrogen) atoms. The van der Waals surface area contributed by atoms with Crippen LogP contribution in [0.15, 0.2) is 0 Å². The largest absolute Gasteiger partial charge is 0.460 e. The fourth-order valence-corrected chi connectivity index (χ4v) is 19.3. The molecule has 1 aliphatic heterocycles. The van der Waals surface area contributed by atoms with Crippen LogP contribution in [-0.4, -0.2) is 70.4 Å². The topological polar surface area (TPSA) is 158 Å². The Bertz CT molecular complexity index is 2270. The standard InChI is InChI=1S/C30H46O4.C22H36O4.C14H20O4.3CH4/c1-6-26(2,3)24(31)34-30-16-22-10-23(17-30)12-28(11-22,18-30)25(32)33-27(4,5)29-13-19-7-20(14-29)9-21(8-19)15-29;1-7-21(5,6)19(24)26-22(13-18(23)25-20(2,3)4)16-9-14-8-15(11-16)12-17(22)10-14;1-4-14(2,3)13(16)18-10-7-5-8-9(6-7)12(15)17-11(8)10;;;/h19-23H,6-18H2,1-5H3;14-17H,7-13H2,1-6H3;7-11H,4-6H2,1-3H3;3*1H4. The van der Waals surface area contributed by atoms with E-state index in [4.69, 9.17) is 28.4 Å². The van der Waals surface area contributed by atoms with Gasteiger partial charge in [-0.2, -0.15) is 0 Å². The van der Waals surface area contributed by atoms with Gasteiger partial charge in [0.15, 0.2) is 0 Å². The van der Waals surface area contributed by atoms with Crippen molar-refractivity contribution in [3.63, 3.8) is 0 Å². The summed E-state index contributed by atoms with van der Waals surface area (Å²) in [6.07, 6.45) is 23.1. The van der Waals surface area contributed by atoms with Gasteiger partial charge < -0.3 is 28.4 Å². The molecule has 15 fully saturated rings. The van der Waals surface area contributed by atoms with Crippen molar-refractivity contribution < 1.29 is 57.2 Å². The minimum Gasteiger partial charge on any atom is -0.460 e. The zero-order chi connectivity index (χ0) is 56.6. The number of hydrogen-bond acceptors (Lipinski definition) is 12. The summed E-state index contributed by atoms with van der Waals surface area (Å²) >= 11 is 0. The van der Waals surface area contributed by atoms with Crippen LogP contribution in [0, 0.1) is 98.1 Å². The van der Waals surface area contributed by atoms with Gasteiger partial charge in [-0.05, 0) is 252 Å². The van der Waals surface area contributed by atoms with Gasteiger partial charge in [0, 0.05) is 35.5 Å². The average molecular weight is 1140 g/mol. The second-order valence-electron chi connectivity index (χ2n) is 32.3. The highest BCUT2D eigenvalue weighted by atomic mass is 16.6. The molecule has 0 amide bonds. The minimum absolute atomic E-state index is 0. The van der Waals surface area contributed by atoms with Crippen molar-refractivity contribution in [3.8, 4) is 0 Å². The number of esters is 6. The lowest BCUT2D eigenvalue weighted by Gasteiger charge is -2.63. The highest BCUT2D eigenvalue weighted by Gasteiger charge is 2.67. The van der Waals surface area contributed by atoms with E-state index in [1.807, 2.05) is 83.1 Å². The van der Waals surface area contributed by atoms with Crippen LogP contribution in [0.1, 0.15) is 267 Å². The van der Waals surface area contributed by atoms with Crippen molar-refractivity contribution in [2.24, 2.45) is 98.1 Å². The number of rotatable bonds is 14. The minimum atomic E-state index is -0.653. The van der Waals surface area contributed by atoms with Crippen molar-refractivity contribution in [2.75, 3.05) is 0 Å². The molecule has 12 heteroatoms. The Morgan fingerprint density at radius 3 is 1.47 bits per heavy atom. The third-order valence-corrected chi connectivity index (χ3v) is 24.0. The highest BCUT2D eigenvalue weighted by molar-refractivity contribution is 5.81. The molecule has 0 aromatic carbocycles. The smallest absolute Gasteiger partial charge is 0.312 e. The van der Waals surface area contributed by atoms with Crippen molar-refractivity contribution >= 4 is 35.8 Å². The SMILES string of the molecule is C.C.C.CCC(C)(C)C(=O)OC1(CC(=O)OC(C)(C)C)C2CC3CC(C2)CC1C3.CCC(C)(C)C(=O)OC12CC3CC(C1)CC(C(=O)OC(C)(C)C14CC5CC(CC(C5)C1)C4)(C3)C2.CCC(C)(C)C(=O)OC1C2CC3C(=O)OC1C3C2. The summed E-state index contributed by atoms with van der Waals surface area (Å²) in [5, 5.41) is 0. The molecule has 1 saturated heterocycles. The molecule has 462 valence electrons. The van der Waals surface area contributed by atoms with Gasteiger partial charge in [-0.25, -0.2) is 0 Å². The number of fused-ring (bicyclic) bond motifs is 1. The van der Waals surface area contributed by atoms with Crippen LogP contribution >= 0.6 is 0 Å². The third kappa shape index (κ3) is 12.1.